The normalized spacial score (nSPS) is 19.4. The summed E-state index contributed by atoms with van der Waals surface area (Å²) < 4.78 is 5.90. The summed E-state index contributed by atoms with van der Waals surface area (Å²) >= 11 is 1.52. The number of benzene rings is 1. The number of thioether (sulfide) groups is 1. The van der Waals surface area contributed by atoms with E-state index in [1.165, 1.54) is 11.8 Å². The largest absolute Gasteiger partial charge is 0.451 e. The minimum absolute atomic E-state index is 0.00469. The summed E-state index contributed by atoms with van der Waals surface area (Å²) in [5.74, 6) is 0.328. The Labute approximate surface area is 125 Å². The van der Waals surface area contributed by atoms with Crippen molar-refractivity contribution in [2.24, 2.45) is 0 Å². The third-order valence-corrected chi connectivity index (χ3v) is 5.18. The first-order valence-corrected chi connectivity index (χ1v) is 8.02. The lowest BCUT2D eigenvalue weighted by molar-refractivity contribution is -0.119. The van der Waals surface area contributed by atoms with Gasteiger partial charge in [0.2, 0.25) is 0 Å². The number of para-hydroxylation sites is 1. The minimum atomic E-state index is 0.00469. The number of furan rings is 1. The summed E-state index contributed by atoms with van der Waals surface area (Å²) in [5, 5.41) is 1.77. The molecule has 0 aliphatic heterocycles. The maximum Gasteiger partial charge on any atom is 0.186 e. The van der Waals surface area contributed by atoms with Crippen LogP contribution in [-0.2, 0) is 4.79 Å². The summed E-state index contributed by atoms with van der Waals surface area (Å²) in [7, 11) is 0. The van der Waals surface area contributed by atoms with Gasteiger partial charge in [0.25, 0.3) is 0 Å². The summed E-state index contributed by atoms with van der Waals surface area (Å²) in [4.78, 5) is 20.7. The van der Waals surface area contributed by atoms with Crippen LogP contribution in [0.15, 0.2) is 40.0 Å². The van der Waals surface area contributed by atoms with Gasteiger partial charge < -0.3 is 4.42 Å². The van der Waals surface area contributed by atoms with Crippen molar-refractivity contribution < 1.29 is 9.21 Å². The van der Waals surface area contributed by atoms with E-state index in [-0.39, 0.29) is 5.25 Å². The van der Waals surface area contributed by atoms with E-state index in [1.54, 1.807) is 6.33 Å². The second-order valence-electron chi connectivity index (χ2n) is 5.27. The number of Topliss-reactive ketones (excluding diaryl/α,β-unsaturated/α-hetero) is 1. The van der Waals surface area contributed by atoms with Gasteiger partial charge in [-0.2, -0.15) is 0 Å². The molecule has 4 nitrogen and oxygen atoms in total. The van der Waals surface area contributed by atoms with E-state index in [0.29, 0.717) is 17.8 Å². The van der Waals surface area contributed by atoms with Crippen LogP contribution in [-0.4, -0.2) is 21.0 Å². The fourth-order valence-electron chi connectivity index (χ4n) is 2.80. The number of rotatable bonds is 2. The van der Waals surface area contributed by atoms with Crippen molar-refractivity contribution in [2.45, 2.75) is 36.0 Å². The van der Waals surface area contributed by atoms with Gasteiger partial charge in [-0.1, -0.05) is 30.3 Å². The molecular formula is C16H14N2O2S. The number of hydrogen-bond donors (Lipinski definition) is 0. The molecule has 1 aliphatic carbocycles. The van der Waals surface area contributed by atoms with Crippen molar-refractivity contribution in [3.8, 4) is 0 Å². The fraction of sp³-hybridized carbons (Fsp3) is 0.312. The molecule has 1 fully saturated rings. The highest BCUT2D eigenvalue weighted by molar-refractivity contribution is 8.00. The highest BCUT2D eigenvalue weighted by Crippen LogP contribution is 2.36. The Hall–Kier alpha value is -1.88. The predicted octanol–water partition coefficient (Wildman–Crippen LogP) is 3.98. The summed E-state index contributed by atoms with van der Waals surface area (Å²) in [6.07, 6.45) is 5.29. The first kappa shape index (κ1) is 12.8. The number of carbonyl (C=O) groups excluding carboxylic acids is 1. The van der Waals surface area contributed by atoms with E-state index in [4.69, 9.17) is 4.42 Å². The van der Waals surface area contributed by atoms with Crippen LogP contribution < -0.4 is 0 Å². The van der Waals surface area contributed by atoms with Gasteiger partial charge in [-0.05, 0) is 25.0 Å². The van der Waals surface area contributed by atoms with Gasteiger partial charge in [-0.15, -0.1) is 0 Å². The monoisotopic (exact) mass is 298 g/mol. The van der Waals surface area contributed by atoms with Gasteiger partial charge >= 0.3 is 0 Å². The van der Waals surface area contributed by atoms with Crippen molar-refractivity contribution in [1.29, 1.82) is 0 Å². The molecule has 106 valence electrons. The maximum absolute atomic E-state index is 12.0. The molecule has 21 heavy (non-hydrogen) atoms. The Morgan fingerprint density at radius 2 is 2.10 bits per heavy atom. The molecule has 3 aromatic rings. The zero-order valence-corrected chi connectivity index (χ0v) is 12.2. The summed E-state index contributed by atoms with van der Waals surface area (Å²) in [5.41, 5.74) is 2.33. The summed E-state index contributed by atoms with van der Waals surface area (Å²) in [6, 6.07) is 7.83. The van der Waals surface area contributed by atoms with Crippen LogP contribution in [0.2, 0.25) is 0 Å². The van der Waals surface area contributed by atoms with E-state index in [2.05, 4.69) is 9.97 Å². The van der Waals surface area contributed by atoms with Crippen molar-refractivity contribution in [3.05, 3.63) is 30.6 Å². The number of fused-ring (bicyclic) bond motifs is 3. The smallest absolute Gasteiger partial charge is 0.186 e. The van der Waals surface area contributed by atoms with Crippen LogP contribution in [0.1, 0.15) is 25.7 Å². The quantitative estimate of drug-likeness (QED) is 0.670. The maximum atomic E-state index is 12.0. The highest BCUT2D eigenvalue weighted by atomic mass is 32.2. The number of nitrogens with zero attached hydrogens (tertiary/aromatic N) is 2. The fourth-order valence-corrected chi connectivity index (χ4v) is 3.95. The van der Waals surface area contributed by atoms with Gasteiger partial charge in [0.15, 0.2) is 5.58 Å². The molecule has 2 heterocycles. The molecule has 0 N–H and O–H groups in total. The zero-order valence-electron chi connectivity index (χ0n) is 11.4. The third kappa shape index (κ3) is 2.21. The lowest BCUT2D eigenvalue weighted by atomic mass is 9.99. The Morgan fingerprint density at radius 1 is 1.19 bits per heavy atom. The molecule has 5 heteroatoms. The first-order valence-electron chi connectivity index (χ1n) is 7.14. The molecule has 0 bridgehead atoms. The van der Waals surface area contributed by atoms with Crippen LogP contribution in [0.5, 0.6) is 0 Å². The van der Waals surface area contributed by atoms with Crippen LogP contribution in [0.4, 0.5) is 0 Å². The van der Waals surface area contributed by atoms with Gasteiger partial charge in [0.1, 0.15) is 28.2 Å². The van der Waals surface area contributed by atoms with Gasteiger partial charge in [0.05, 0.1) is 5.25 Å². The van der Waals surface area contributed by atoms with Gasteiger partial charge in [-0.3, -0.25) is 4.79 Å². The molecule has 1 saturated carbocycles. The predicted molar refractivity (Wildman–Crippen MR) is 82.4 cm³/mol. The number of ketones is 1. The second-order valence-corrected chi connectivity index (χ2v) is 6.46. The van der Waals surface area contributed by atoms with Crippen molar-refractivity contribution in [3.63, 3.8) is 0 Å². The molecule has 1 atom stereocenters. The average Bonchev–Trinajstić information content (AvgIpc) is 2.89. The van der Waals surface area contributed by atoms with E-state index >= 15 is 0 Å². The number of carbonyl (C=O) groups is 1. The van der Waals surface area contributed by atoms with Crippen molar-refractivity contribution >= 4 is 39.6 Å². The topological polar surface area (TPSA) is 56.0 Å². The van der Waals surface area contributed by atoms with Crippen molar-refractivity contribution in [1.82, 2.24) is 9.97 Å². The molecule has 2 aromatic heterocycles. The molecule has 1 aromatic carbocycles. The standard InChI is InChI=1S/C16H14N2O2S/c19-11-6-2-4-8-13(11)21-16-15-14(17-9-18-16)10-5-1-3-7-12(10)20-15/h1,3,5,7,9,13H,2,4,6,8H2. The SMILES string of the molecule is O=C1CCCCC1Sc1ncnc2c1oc1ccccc12. The van der Waals surface area contributed by atoms with Crippen LogP contribution in [0.25, 0.3) is 22.1 Å². The van der Waals surface area contributed by atoms with Crippen LogP contribution in [0.3, 0.4) is 0 Å². The minimum Gasteiger partial charge on any atom is -0.451 e. The molecule has 4 rings (SSSR count). The van der Waals surface area contributed by atoms with Gasteiger partial charge in [-0.25, -0.2) is 9.97 Å². The zero-order chi connectivity index (χ0) is 14.2. The van der Waals surface area contributed by atoms with Crippen molar-refractivity contribution in [2.75, 3.05) is 0 Å². The Bertz CT molecular complexity index is 827. The Morgan fingerprint density at radius 3 is 3.00 bits per heavy atom. The van der Waals surface area contributed by atoms with E-state index in [9.17, 15) is 4.79 Å². The lowest BCUT2D eigenvalue weighted by Gasteiger charge is -2.19. The van der Waals surface area contributed by atoms with E-state index in [1.807, 2.05) is 24.3 Å². The van der Waals surface area contributed by atoms with Gasteiger partial charge in [0, 0.05) is 11.8 Å². The Kier molecular flexibility index (Phi) is 3.15. The van der Waals surface area contributed by atoms with E-state index in [0.717, 1.165) is 40.8 Å². The van der Waals surface area contributed by atoms with Crippen LogP contribution in [0, 0.1) is 0 Å². The second kappa shape index (κ2) is 5.15. The summed E-state index contributed by atoms with van der Waals surface area (Å²) in [6.45, 7) is 0. The van der Waals surface area contributed by atoms with E-state index < -0.39 is 0 Å². The Balaban J connectivity index is 1.79. The molecule has 0 radical (unpaired) electrons. The molecule has 0 amide bonds. The number of hydrogen-bond acceptors (Lipinski definition) is 5. The third-order valence-electron chi connectivity index (χ3n) is 3.88. The molecule has 1 unspecified atom stereocenters. The molecule has 0 spiro atoms. The molecular weight excluding hydrogens is 284 g/mol. The highest BCUT2D eigenvalue weighted by Gasteiger charge is 2.25. The van der Waals surface area contributed by atoms with Crippen LogP contribution >= 0.6 is 11.8 Å². The average molecular weight is 298 g/mol. The molecule has 1 aliphatic rings. The first-order chi connectivity index (χ1) is 10.3. The number of aromatic nitrogens is 2. The lowest BCUT2D eigenvalue weighted by Crippen LogP contribution is -2.21. The molecule has 0 saturated heterocycles.